The third-order valence-corrected chi connectivity index (χ3v) is 3.02. The van der Waals surface area contributed by atoms with Crippen molar-refractivity contribution in [3.8, 4) is 11.4 Å². The van der Waals surface area contributed by atoms with Crippen LogP contribution >= 0.6 is 15.9 Å². The molecule has 0 spiro atoms. The number of aromatic nitrogens is 2. The maximum Gasteiger partial charge on any atom is 0.159 e. The van der Waals surface area contributed by atoms with Crippen LogP contribution in [-0.4, -0.2) is 9.97 Å². The van der Waals surface area contributed by atoms with Gasteiger partial charge < -0.3 is 5.73 Å². The predicted molar refractivity (Wildman–Crippen MR) is 73.6 cm³/mol. The third-order valence-electron chi connectivity index (χ3n) is 2.49. The van der Waals surface area contributed by atoms with Crippen LogP contribution in [0.2, 0.25) is 0 Å². The summed E-state index contributed by atoms with van der Waals surface area (Å²) in [5.74, 6) is 0.732. The summed E-state index contributed by atoms with van der Waals surface area (Å²) >= 11 is 3.41. The third kappa shape index (κ3) is 2.82. The fraction of sp³-hybridized carbons (Fsp3) is 0.231. The lowest BCUT2D eigenvalue weighted by Gasteiger charge is -2.06. The van der Waals surface area contributed by atoms with Gasteiger partial charge in [0.2, 0.25) is 0 Å². The van der Waals surface area contributed by atoms with Crippen LogP contribution < -0.4 is 5.73 Å². The molecule has 1 heterocycles. The van der Waals surface area contributed by atoms with E-state index in [1.165, 1.54) is 0 Å². The van der Waals surface area contributed by atoms with E-state index in [-0.39, 0.29) is 0 Å². The molecule has 0 bridgehead atoms. The smallest absolute Gasteiger partial charge is 0.159 e. The average molecular weight is 292 g/mol. The van der Waals surface area contributed by atoms with Crippen molar-refractivity contribution in [3.05, 3.63) is 40.6 Å². The van der Waals surface area contributed by atoms with Gasteiger partial charge in [0, 0.05) is 10.0 Å². The maximum atomic E-state index is 5.85. The van der Waals surface area contributed by atoms with Gasteiger partial charge in [0.15, 0.2) is 5.82 Å². The van der Waals surface area contributed by atoms with Gasteiger partial charge in [-0.2, -0.15) is 0 Å². The summed E-state index contributed by atoms with van der Waals surface area (Å²) in [6, 6.07) is 7.94. The van der Waals surface area contributed by atoms with Gasteiger partial charge in [0.05, 0.1) is 17.6 Å². The quantitative estimate of drug-likeness (QED) is 0.942. The molecule has 0 unspecified atom stereocenters. The van der Waals surface area contributed by atoms with Crippen molar-refractivity contribution in [2.75, 3.05) is 5.73 Å². The number of nitrogens with zero attached hydrogens (tertiary/aromatic N) is 2. The molecule has 0 saturated carbocycles. The summed E-state index contributed by atoms with van der Waals surface area (Å²) < 4.78 is 1.05. The molecule has 0 radical (unpaired) electrons. The second-order valence-electron chi connectivity index (χ2n) is 3.85. The van der Waals surface area contributed by atoms with Gasteiger partial charge in [-0.05, 0) is 18.6 Å². The molecular weight excluding hydrogens is 278 g/mol. The number of hydrogen-bond donors (Lipinski definition) is 1. The van der Waals surface area contributed by atoms with Crippen LogP contribution in [0, 0.1) is 0 Å². The van der Waals surface area contributed by atoms with E-state index >= 15 is 0 Å². The van der Waals surface area contributed by atoms with E-state index in [4.69, 9.17) is 5.73 Å². The Bertz CT molecular complexity index is 509. The van der Waals surface area contributed by atoms with Crippen LogP contribution in [0.25, 0.3) is 11.4 Å². The number of anilines is 1. The highest BCUT2D eigenvalue weighted by Gasteiger charge is 2.05. The second-order valence-corrected chi connectivity index (χ2v) is 4.77. The summed E-state index contributed by atoms with van der Waals surface area (Å²) in [6.45, 7) is 2.11. The molecule has 0 amide bonds. The predicted octanol–water partition coefficient (Wildman–Crippen LogP) is 3.44. The van der Waals surface area contributed by atoms with Crippen LogP contribution in [-0.2, 0) is 6.42 Å². The van der Waals surface area contributed by atoms with Crippen LogP contribution in [0.1, 0.15) is 19.0 Å². The van der Waals surface area contributed by atoms with Crippen molar-refractivity contribution in [3.63, 3.8) is 0 Å². The average Bonchev–Trinajstić information content (AvgIpc) is 2.33. The summed E-state index contributed by atoms with van der Waals surface area (Å²) in [5.41, 5.74) is 8.46. The Hall–Kier alpha value is -1.42. The lowest BCUT2D eigenvalue weighted by atomic mass is 10.2. The minimum atomic E-state index is 0.674. The number of benzene rings is 1. The molecule has 0 aliphatic rings. The van der Waals surface area contributed by atoms with Gasteiger partial charge in [-0.1, -0.05) is 41.4 Å². The Kier molecular flexibility index (Phi) is 3.74. The zero-order valence-corrected chi connectivity index (χ0v) is 11.2. The Morgan fingerprint density at radius 3 is 2.59 bits per heavy atom. The van der Waals surface area contributed by atoms with E-state index in [1.807, 2.05) is 24.3 Å². The monoisotopic (exact) mass is 291 g/mol. The first-order valence-corrected chi connectivity index (χ1v) is 6.37. The number of aryl methyl sites for hydroxylation is 1. The van der Waals surface area contributed by atoms with Crippen LogP contribution in [0.4, 0.5) is 5.69 Å². The first kappa shape index (κ1) is 12.0. The van der Waals surface area contributed by atoms with Gasteiger partial charge in [-0.25, -0.2) is 9.97 Å². The van der Waals surface area contributed by atoms with E-state index in [1.54, 1.807) is 6.20 Å². The highest BCUT2D eigenvalue weighted by molar-refractivity contribution is 9.10. The number of hydrogen-bond acceptors (Lipinski definition) is 3. The van der Waals surface area contributed by atoms with E-state index < -0.39 is 0 Å². The van der Waals surface area contributed by atoms with Crippen LogP contribution in [0.3, 0.4) is 0 Å². The fourth-order valence-electron chi connectivity index (χ4n) is 1.60. The van der Waals surface area contributed by atoms with Gasteiger partial charge in [0.1, 0.15) is 0 Å². The molecule has 2 N–H and O–H groups in total. The number of nitrogens with two attached hydrogens (primary N) is 1. The molecule has 0 atom stereocenters. The van der Waals surface area contributed by atoms with Gasteiger partial charge >= 0.3 is 0 Å². The van der Waals surface area contributed by atoms with Crippen molar-refractivity contribution >= 4 is 21.6 Å². The zero-order chi connectivity index (χ0) is 12.3. The minimum Gasteiger partial charge on any atom is -0.396 e. The minimum absolute atomic E-state index is 0.674. The summed E-state index contributed by atoms with van der Waals surface area (Å²) in [4.78, 5) is 8.78. The second kappa shape index (κ2) is 5.27. The first-order valence-electron chi connectivity index (χ1n) is 5.58. The van der Waals surface area contributed by atoms with E-state index in [9.17, 15) is 0 Å². The standard InChI is InChI=1S/C13H14BrN3/c1-2-3-12-11(15)8-16-13(17-12)9-4-6-10(14)7-5-9/h4-8H,2-3,15H2,1H3. The molecule has 1 aromatic heterocycles. The topological polar surface area (TPSA) is 51.8 Å². The summed E-state index contributed by atoms with van der Waals surface area (Å²) in [6.07, 6.45) is 3.61. The molecule has 17 heavy (non-hydrogen) atoms. The Morgan fingerprint density at radius 1 is 1.24 bits per heavy atom. The van der Waals surface area contributed by atoms with Crippen molar-refractivity contribution < 1.29 is 0 Å². The highest BCUT2D eigenvalue weighted by atomic mass is 79.9. The Labute approximate surface area is 109 Å². The Morgan fingerprint density at radius 2 is 1.94 bits per heavy atom. The van der Waals surface area contributed by atoms with Crippen molar-refractivity contribution in [1.29, 1.82) is 0 Å². The van der Waals surface area contributed by atoms with Gasteiger partial charge in [-0.15, -0.1) is 0 Å². The zero-order valence-electron chi connectivity index (χ0n) is 9.65. The molecule has 2 rings (SSSR count). The molecule has 88 valence electrons. The molecule has 0 aliphatic heterocycles. The van der Waals surface area contributed by atoms with Gasteiger partial charge in [-0.3, -0.25) is 0 Å². The number of rotatable bonds is 3. The van der Waals surface area contributed by atoms with E-state index in [2.05, 4.69) is 32.8 Å². The molecule has 3 nitrogen and oxygen atoms in total. The van der Waals surface area contributed by atoms with Gasteiger partial charge in [0.25, 0.3) is 0 Å². The normalized spacial score (nSPS) is 10.5. The number of halogens is 1. The van der Waals surface area contributed by atoms with E-state index in [0.717, 1.165) is 34.4 Å². The van der Waals surface area contributed by atoms with Crippen molar-refractivity contribution in [2.45, 2.75) is 19.8 Å². The largest absolute Gasteiger partial charge is 0.396 e. The SMILES string of the molecule is CCCc1nc(-c2ccc(Br)cc2)ncc1N. The van der Waals surface area contributed by atoms with Crippen molar-refractivity contribution in [2.24, 2.45) is 0 Å². The highest BCUT2D eigenvalue weighted by Crippen LogP contribution is 2.20. The molecular formula is C13H14BrN3. The number of nitrogen functional groups attached to an aromatic ring is 1. The van der Waals surface area contributed by atoms with Crippen molar-refractivity contribution in [1.82, 2.24) is 9.97 Å². The van der Waals surface area contributed by atoms with Crippen LogP contribution in [0.15, 0.2) is 34.9 Å². The molecule has 0 saturated heterocycles. The summed E-state index contributed by atoms with van der Waals surface area (Å²) in [7, 11) is 0. The Balaban J connectivity index is 2.39. The van der Waals surface area contributed by atoms with Crippen LogP contribution in [0.5, 0.6) is 0 Å². The maximum absolute atomic E-state index is 5.85. The summed E-state index contributed by atoms with van der Waals surface area (Å²) in [5, 5.41) is 0. The first-order chi connectivity index (χ1) is 8.20. The fourth-order valence-corrected chi connectivity index (χ4v) is 1.87. The molecule has 0 aliphatic carbocycles. The lowest BCUT2D eigenvalue weighted by Crippen LogP contribution is -2.01. The van der Waals surface area contributed by atoms with E-state index in [0.29, 0.717) is 5.69 Å². The lowest BCUT2D eigenvalue weighted by molar-refractivity contribution is 0.879. The molecule has 4 heteroatoms. The molecule has 2 aromatic rings. The molecule has 0 fully saturated rings. The molecule has 1 aromatic carbocycles.